The van der Waals surface area contributed by atoms with E-state index < -0.39 is 0 Å². The van der Waals surface area contributed by atoms with Crippen molar-refractivity contribution in [2.75, 3.05) is 26.2 Å². The number of esters is 1. The second-order valence-corrected chi connectivity index (χ2v) is 8.33. The molecule has 2 aromatic rings. The summed E-state index contributed by atoms with van der Waals surface area (Å²) in [4.78, 5) is 14.3. The molecule has 0 amide bonds. The molecule has 2 aliphatic carbocycles. The van der Waals surface area contributed by atoms with Crippen LogP contribution in [0.3, 0.4) is 0 Å². The molecule has 2 aromatic carbocycles. The predicted molar refractivity (Wildman–Crippen MR) is 106 cm³/mol. The van der Waals surface area contributed by atoms with Gasteiger partial charge in [-0.1, -0.05) is 48.5 Å². The van der Waals surface area contributed by atoms with Crippen LogP contribution in [0.1, 0.15) is 60.3 Å². The first-order valence-corrected chi connectivity index (χ1v) is 10.3. The number of hydrogen-bond acceptors (Lipinski definition) is 3. The molecule has 1 fully saturated rings. The fourth-order valence-corrected chi connectivity index (χ4v) is 5.99. The molecule has 3 unspecified atom stereocenters. The zero-order valence-corrected chi connectivity index (χ0v) is 16.0. The van der Waals surface area contributed by atoms with Gasteiger partial charge in [0.25, 0.3) is 0 Å². The van der Waals surface area contributed by atoms with E-state index in [-0.39, 0.29) is 11.4 Å². The number of likely N-dealkylation sites (tertiary alicyclic amines) is 1. The number of benzene rings is 2. The van der Waals surface area contributed by atoms with Crippen LogP contribution in [0.15, 0.2) is 48.5 Å². The topological polar surface area (TPSA) is 29.5 Å². The van der Waals surface area contributed by atoms with Crippen LogP contribution in [-0.4, -0.2) is 37.1 Å². The van der Waals surface area contributed by atoms with Crippen LogP contribution in [0.2, 0.25) is 0 Å². The van der Waals surface area contributed by atoms with Crippen molar-refractivity contribution in [3.8, 4) is 0 Å². The first kappa shape index (κ1) is 17.0. The molecule has 3 nitrogen and oxygen atoms in total. The zero-order valence-electron chi connectivity index (χ0n) is 16.0. The number of ether oxygens (including phenoxy) is 1. The Kier molecular flexibility index (Phi) is 4.08. The summed E-state index contributed by atoms with van der Waals surface area (Å²) in [7, 11) is 0. The van der Waals surface area contributed by atoms with Crippen LogP contribution >= 0.6 is 0 Å². The molecular weight excluding hydrogens is 334 g/mol. The maximum Gasteiger partial charge on any atom is 0.305 e. The molecule has 0 saturated carbocycles. The minimum Gasteiger partial charge on any atom is -0.466 e. The van der Waals surface area contributed by atoms with Crippen LogP contribution in [0.25, 0.3) is 0 Å². The van der Waals surface area contributed by atoms with Gasteiger partial charge in [0, 0.05) is 36.8 Å². The highest BCUT2D eigenvalue weighted by Crippen LogP contribution is 2.62. The van der Waals surface area contributed by atoms with Gasteiger partial charge in [0.05, 0.1) is 6.61 Å². The van der Waals surface area contributed by atoms with Crippen LogP contribution in [-0.2, 0) is 14.9 Å². The van der Waals surface area contributed by atoms with E-state index in [1.165, 1.54) is 12.0 Å². The Labute approximate surface area is 161 Å². The molecule has 2 bridgehead atoms. The smallest absolute Gasteiger partial charge is 0.305 e. The molecule has 1 aliphatic heterocycles. The summed E-state index contributed by atoms with van der Waals surface area (Å²) < 4.78 is 5.08. The lowest BCUT2D eigenvalue weighted by Gasteiger charge is -2.37. The molecule has 27 heavy (non-hydrogen) atoms. The molecule has 3 heteroatoms. The summed E-state index contributed by atoms with van der Waals surface area (Å²) in [6, 6.07) is 18.2. The second kappa shape index (κ2) is 6.49. The Balaban J connectivity index is 1.44. The van der Waals surface area contributed by atoms with E-state index >= 15 is 0 Å². The summed E-state index contributed by atoms with van der Waals surface area (Å²) in [6.45, 7) is 5.53. The normalized spacial score (nSPS) is 27.7. The van der Waals surface area contributed by atoms with Crippen LogP contribution in [0.4, 0.5) is 0 Å². The standard InChI is InChI=1S/C24H27NO2/c1-2-27-23(26)12-7-13-25-15-22-18-9-4-3-8-17(18)20-14-24(22,16-25)21-11-6-5-10-19(20)21/h3-6,8-11,20,22H,2,7,12-16H2,1H3. The average molecular weight is 361 g/mol. The summed E-state index contributed by atoms with van der Waals surface area (Å²) in [5.41, 5.74) is 6.46. The minimum absolute atomic E-state index is 0.0658. The van der Waals surface area contributed by atoms with Gasteiger partial charge in [0.15, 0.2) is 0 Å². The predicted octanol–water partition coefficient (Wildman–Crippen LogP) is 4.22. The van der Waals surface area contributed by atoms with Gasteiger partial charge in [-0.2, -0.15) is 0 Å². The Hall–Kier alpha value is -2.13. The Morgan fingerprint density at radius 3 is 2.67 bits per heavy atom. The fourth-order valence-electron chi connectivity index (χ4n) is 5.99. The summed E-state index contributed by atoms with van der Waals surface area (Å²) in [6.07, 6.45) is 2.65. The lowest BCUT2D eigenvalue weighted by molar-refractivity contribution is -0.143. The minimum atomic E-state index is -0.0658. The van der Waals surface area contributed by atoms with Crippen molar-refractivity contribution >= 4 is 5.97 Å². The number of rotatable bonds is 5. The lowest BCUT2D eigenvalue weighted by Crippen LogP contribution is -2.35. The largest absolute Gasteiger partial charge is 0.466 e. The molecule has 3 atom stereocenters. The lowest BCUT2D eigenvalue weighted by atomic mass is 9.65. The van der Waals surface area contributed by atoms with E-state index in [4.69, 9.17) is 4.74 Å². The van der Waals surface area contributed by atoms with Crippen molar-refractivity contribution in [1.29, 1.82) is 0 Å². The number of fused-ring (bicyclic) bond motifs is 3. The number of carbonyl (C=O) groups is 1. The van der Waals surface area contributed by atoms with Crippen molar-refractivity contribution in [2.24, 2.45) is 0 Å². The van der Waals surface area contributed by atoms with E-state index in [1.807, 2.05) is 6.92 Å². The molecule has 1 heterocycles. The Morgan fingerprint density at radius 1 is 1.11 bits per heavy atom. The summed E-state index contributed by atoms with van der Waals surface area (Å²) in [5, 5.41) is 0. The van der Waals surface area contributed by atoms with Crippen LogP contribution in [0, 0.1) is 0 Å². The van der Waals surface area contributed by atoms with Gasteiger partial charge in [0.2, 0.25) is 0 Å². The molecule has 0 aromatic heterocycles. The first-order valence-electron chi connectivity index (χ1n) is 10.3. The van der Waals surface area contributed by atoms with Gasteiger partial charge in [-0.15, -0.1) is 0 Å². The van der Waals surface area contributed by atoms with Gasteiger partial charge in [0.1, 0.15) is 0 Å². The molecule has 1 spiro atoms. The van der Waals surface area contributed by atoms with Crippen LogP contribution < -0.4 is 0 Å². The third-order valence-corrected chi connectivity index (χ3v) is 6.96. The van der Waals surface area contributed by atoms with E-state index in [1.54, 1.807) is 16.7 Å². The zero-order chi connectivity index (χ0) is 18.4. The quantitative estimate of drug-likeness (QED) is 0.747. The van der Waals surface area contributed by atoms with Crippen LogP contribution in [0.5, 0.6) is 0 Å². The third-order valence-electron chi connectivity index (χ3n) is 6.96. The molecule has 1 saturated heterocycles. The van der Waals surface area contributed by atoms with Crippen molar-refractivity contribution in [3.63, 3.8) is 0 Å². The molecule has 0 radical (unpaired) electrons. The van der Waals surface area contributed by atoms with E-state index in [0.717, 1.165) is 26.1 Å². The Bertz CT molecular complexity index is 865. The summed E-state index contributed by atoms with van der Waals surface area (Å²) in [5.74, 6) is 1.05. The highest BCUT2D eigenvalue weighted by atomic mass is 16.5. The number of hydrogen-bond donors (Lipinski definition) is 0. The van der Waals surface area contributed by atoms with E-state index in [0.29, 0.717) is 24.9 Å². The number of nitrogens with zero attached hydrogens (tertiary/aromatic N) is 1. The maximum atomic E-state index is 11.7. The van der Waals surface area contributed by atoms with Gasteiger partial charge in [-0.3, -0.25) is 4.79 Å². The SMILES string of the molecule is CCOC(=O)CCCN1CC2c3ccccc3C3CC2(C1)c1ccccc13. The highest BCUT2D eigenvalue weighted by molar-refractivity contribution is 5.69. The van der Waals surface area contributed by atoms with E-state index in [9.17, 15) is 4.79 Å². The second-order valence-electron chi connectivity index (χ2n) is 8.33. The van der Waals surface area contributed by atoms with E-state index in [2.05, 4.69) is 53.4 Å². The highest BCUT2D eigenvalue weighted by Gasteiger charge is 2.57. The van der Waals surface area contributed by atoms with Gasteiger partial charge in [-0.05, 0) is 48.6 Å². The maximum absolute atomic E-state index is 11.7. The van der Waals surface area contributed by atoms with Crippen molar-refractivity contribution in [3.05, 3.63) is 70.8 Å². The fraction of sp³-hybridized carbons (Fsp3) is 0.458. The van der Waals surface area contributed by atoms with Crippen molar-refractivity contribution in [1.82, 2.24) is 4.90 Å². The number of carbonyl (C=O) groups excluding carboxylic acids is 1. The monoisotopic (exact) mass is 361 g/mol. The molecule has 140 valence electrons. The van der Waals surface area contributed by atoms with Gasteiger partial charge in [-0.25, -0.2) is 0 Å². The first-order chi connectivity index (χ1) is 13.2. The van der Waals surface area contributed by atoms with Crippen molar-refractivity contribution < 1.29 is 9.53 Å². The third kappa shape index (κ3) is 2.55. The van der Waals surface area contributed by atoms with Gasteiger partial charge < -0.3 is 9.64 Å². The molecule has 5 rings (SSSR count). The van der Waals surface area contributed by atoms with Gasteiger partial charge >= 0.3 is 5.97 Å². The molecule has 3 aliphatic rings. The average Bonchev–Trinajstić information content (AvgIpc) is 3.20. The van der Waals surface area contributed by atoms with Crippen molar-refractivity contribution in [2.45, 2.75) is 43.4 Å². The Morgan fingerprint density at radius 2 is 1.85 bits per heavy atom. The molecule has 0 N–H and O–H groups in total. The molecular formula is C24H27NO2. The summed E-state index contributed by atoms with van der Waals surface area (Å²) >= 11 is 0.